The van der Waals surface area contributed by atoms with Crippen molar-refractivity contribution in [1.82, 2.24) is 9.80 Å². The fourth-order valence-corrected chi connectivity index (χ4v) is 3.43. The van der Waals surface area contributed by atoms with E-state index in [1.54, 1.807) is 6.07 Å². The minimum Gasteiger partial charge on any atom is -0.454 e. The molecule has 136 valence electrons. The van der Waals surface area contributed by atoms with Crippen molar-refractivity contribution < 1.29 is 14.3 Å². The second-order valence-corrected chi connectivity index (χ2v) is 6.61. The van der Waals surface area contributed by atoms with Gasteiger partial charge in [0.1, 0.15) is 0 Å². The fourth-order valence-electron chi connectivity index (χ4n) is 3.43. The number of anilines is 1. The van der Waals surface area contributed by atoms with E-state index in [0.717, 1.165) is 18.8 Å². The van der Waals surface area contributed by atoms with Crippen molar-refractivity contribution in [3.05, 3.63) is 54.1 Å². The van der Waals surface area contributed by atoms with Crippen LogP contribution in [0, 0.1) is 0 Å². The highest BCUT2D eigenvalue weighted by molar-refractivity contribution is 5.89. The lowest BCUT2D eigenvalue weighted by Crippen LogP contribution is -2.50. The molecule has 2 aliphatic rings. The van der Waals surface area contributed by atoms with Gasteiger partial charge in [0.2, 0.25) is 6.79 Å². The van der Waals surface area contributed by atoms with Crippen LogP contribution in [0.15, 0.2) is 48.5 Å². The SMILES string of the molecule is CC(c1ccccc1)N1CCN(C(=O)Nc2ccc3c(c2)OCO3)CC1. The van der Waals surface area contributed by atoms with E-state index in [-0.39, 0.29) is 12.8 Å². The van der Waals surface area contributed by atoms with Crippen LogP contribution in [0.25, 0.3) is 0 Å². The first kappa shape index (κ1) is 16.7. The van der Waals surface area contributed by atoms with Gasteiger partial charge in [-0.05, 0) is 24.6 Å². The topological polar surface area (TPSA) is 54.0 Å². The lowest BCUT2D eigenvalue weighted by Gasteiger charge is -2.38. The summed E-state index contributed by atoms with van der Waals surface area (Å²) in [6.45, 7) is 5.61. The molecule has 2 heterocycles. The van der Waals surface area contributed by atoms with Crippen LogP contribution in [0.4, 0.5) is 10.5 Å². The Morgan fingerprint density at radius 1 is 1.00 bits per heavy atom. The Bertz CT molecular complexity index is 773. The zero-order valence-corrected chi connectivity index (χ0v) is 14.9. The third-order valence-corrected chi connectivity index (χ3v) is 5.06. The highest BCUT2D eigenvalue weighted by atomic mass is 16.7. The molecule has 0 spiro atoms. The molecular weight excluding hydrogens is 330 g/mol. The fraction of sp³-hybridized carbons (Fsp3) is 0.350. The number of piperazine rings is 1. The third kappa shape index (κ3) is 3.46. The first-order valence-electron chi connectivity index (χ1n) is 8.95. The summed E-state index contributed by atoms with van der Waals surface area (Å²) in [5, 5.41) is 2.95. The molecule has 0 saturated carbocycles. The van der Waals surface area contributed by atoms with Crippen molar-refractivity contribution in [1.29, 1.82) is 0 Å². The number of amides is 2. The molecule has 26 heavy (non-hydrogen) atoms. The van der Waals surface area contributed by atoms with Crippen LogP contribution in [-0.4, -0.2) is 48.8 Å². The van der Waals surface area contributed by atoms with E-state index < -0.39 is 0 Å². The molecule has 1 atom stereocenters. The van der Waals surface area contributed by atoms with Gasteiger partial charge in [-0.3, -0.25) is 4.90 Å². The molecule has 1 fully saturated rings. The largest absolute Gasteiger partial charge is 0.454 e. The molecule has 4 rings (SSSR count). The molecule has 2 aromatic carbocycles. The number of rotatable bonds is 3. The third-order valence-electron chi connectivity index (χ3n) is 5.06. The highest BCUT2D eigenvalue weighted by Crippen LogP contribution is 2.34. The van der Waals surface area contributed by atoms with Crippen LogP contribution in [0.2, 0.25) is 0 Å². The van der Waals surface area contributed by atoms with Gasteiger partial charge in [0.05, 0.1) is 0 Å². The quantitative estimate of drug-likeness (QED) is 0.920. The molecule has 1 saturated heterocycles. The minimum atomic E-state index is -0.0733. The van der Waals surface area contributed by atoms with Crippen LogP contribution in [0.1, 0.15) is 18.5 Å². The number of carbonyl (C=O) groups excluding carboxylic acids is 1. The summed E-state index contributed by atoms with van der Waals surface area (Å²) >= 11 is 0. The molecule has 1 N–H and O–H groups in total. The summed E-state index contributed by atoms with van der Waals surface area (Å²) in [6.07, 6.45) is 0. The molecule has 0 aliphatic carbocycles. The maximum Gasteiger partial charge on any atom is 0.321 e. The number of ether oxygens (including phenoxy) is 2. The van der Waals surface area contributed by atoms with Crippen LogP contribution >= 0.6 is 0 Å². The van der Waals surface area contributed by atoms with E-state index in [1.807, 2.05) is 23.1 Å². The van der Waals surface area contributed by atoms with Gasteiger partial charge in [-0.25, -0.2) is 4.79 Å². The summed E-state index contributed by atoms with van der Waals surface area (Å²) in [5.74, 6) is 1.39. The zero-order valence-electron chi connectivity index (χ0n) is 14.9. The molecule has 2 amide bonds. The zero-order chi connectivity index (χ0) is 17.9. The van der Waals surface area contributed by atoms with Crippen molar-refractivity contribution >= 4 is 11.7 Å². The van der Waals surface area contributed by atoms with Gasteiger partial charge >= 0.3 is 6.03 Å². The number of fused-ring (bicyclic) bond motifs is 1. The molecule has 0 bridgehead atoms. The summed E-state index contributed by atoms with van der Waals surface area (Å²) in [5.41, 5.74) is 2.03. The molecule has 6 heteroatoms. The van der Waals surface area contributed by atoms with Crippen molar-refractivity contribution in [2.75, 3.05) is 38.3 Å². The molecular formula is C20H23N3O3. The Morgan fingerprint density at radius 3 is 2.50 bits per heavy atom. The van der Waals surface area contributed by atoms with Gasteiger partial charge in [0.15, 0.2) is 11.5 Å². The molecule has 2 aromatic rings. The van der Waals surface area contributed by atoms with Crippen molar-refractivity contribution in [3.63, 3.8) is 0 Å². The molecule has 6 nitrogen and oxygen atoms in total. The smallest absolute Gasteiger partial charge is 0.321 e. The Hall–Kier alpha value is -2.73. The lowest BCUT2D eigenvalue weighted by atomic mass is 10.1. The predicted molar refractivity (Wildman–Crippen MR) is 99.6 cm³/mol. The average Bonchev–Trinajstić information content (AvgIpc) is 3.16. The Morgan fingerprint density at radius 2 is 1.73 bits per heavy atom. The lowest BCUT2D eigenvalue weighted by molar-refractivity contribution is 0.119. The first-order chi connectivity index (χ1) is 12.7. The normalized spacial score (nSPS) is 17.8. The Labute approximate surface area is 153 Å². The van der Waals surface area contributed by atoms with E-state index in [9.17, 15) is 4.79 Å². The van der Waals surface area contributed by atoms with Gasteiger partial charge < -0.3 is 19.7 Å². The molecule has 2 aliphatic heterocycles. The van der Waals surface area contributed by atoms with Gasteiger partial charge in [0, 0.05) is 44.0 Å². The van der Waals surface area contributed by atoms with Gasteiger partial charge in [-0.1, -0.05) is 30.3 Å². The van der Waals surface area contributed by atoms with Crippen molar-refractivity contribution in [3.8, 4) is 11.5 Å². The second kappa shape index (κ2) is 7.25. The Balaban J connectivity index is 1.32. The number of urea groups is 1. The van der Waals surface area contributed by atoms with Crippen LogP contribution in [0.5, 0.6) is 11.5 Å². The van der Waals surface area contributed by atoms with Gasteiger partial charge in [0.25, 0.3) is 0 Å². The van der Waals surface area contributed by atoms with E-state index >= 15 is 0 Å². The summed E-state index contributed by atoms with van der Waals surface area (Å²) < 4.78 is 10.6. The highest BCUT2D eigenvalue weighted by Gasteiger charge is 2.25. The van der Waals surface area contributed by atoms with E-state index in [0.29, 0.717) is 30.6 Å². The van der Waals surface area contributed by atoms with Crippen LogP contribution < -0.4 is 14.8 Å². The summed E-state index contributed by atoms with van der Waals surface area (Å²) in [7, 11) is 0. The second-order valence-electron chi connectivity index (χ2n) is 6.61. The number of carbonyl (C=O) groups is 1. The monoisotopic (exact) mass is 353 g/mol. The van der Waals surface area contributed by atoms with Gasteiger partial charge in [-0.2, -0.15) is 0 Å². The van der Waals surface area contributed by atoms with E-state index in [1.165, 1.54) is 5.56 Å². The maximum absolute atomic E-state index is 12.5. The van der Waals surface area contributed by atoms with E-state index in [4.69, 9.17) is 9.47 Å². The van der Waals surface area contributed by atoms with Crippen LogP contribution in [0.3, 0.4) is 0 Å². The number of benzene rings is 2. The van der Waals surface area contributed by atoms with Crippen molar-refractivity contribution in [2.45, 2.75) is 13.0 Å². The predicted octanol–water partition coefficient (Wildman–Crippen LogP) is 3.33. The number of nitrogens with zero attached hydrogens (tertiary/aromatic N) is 2. The Kier molecular flexibility index (Phi) is 4.67. The molecule has 0 radical (unpaired) electrons. The number of hydrogen-bond acceptors (Lipinski definition) is 4. The minimum absolute atomic E-state index is 0.0733. The number of nitrogens with one attached hydrogen (secondary N) is 1. The standard InChI is InChI=1S/C20H23N3O3/c1-15(16-5-3-2-4-6-16)22-9-11-23(12-10-22)20(24)21-17-7-8-18-19(13-17)26-14-25-18/h2-8,13,15H,9-12,14H2,1H3,(H,21,24). The maximum atomic E-state index is 12.5. The van der Waals surface area contributed by atoms with Crippen molar-refractivity contribution in [2.24, 2.45) is 0 Å². The van der Waals surface area contributed by atoms with Gasteiger partial charge in [-0.15, -0.1) is 0 Å². The first-order valence-corrected chi connectivity index (χ1v) is 8.95. The summed E-state index contributed by atoms with van der Waals surface area (Å²) in [6, 6.07) is 16.2. The summed E-state index contributed by atoms with van der Waals surface area (Å²) in [4.78, 5) is 16.8. The molecule has 0 aromatic heterocycles. The average molecular weight is 353 g/mol. The van der Waals surface area contributed by atoms with E-state index in [2.05, 4.69) is 41.4 Å². The van der Waals surface area contributed by atoms with Crippen LogP contribution in [-0.2, 0) is 0 Å². The molecule has 1 unspecified atom stereocenters. The number of hydrogen-bond donors (Lipinski definition) is 1.